The maximum absolute atomic E-state index is 10.6. The zero-order valence-corrected chi connectivity index (χ0v) is 8.95. The van der Waals surface area contributed by atoms with Crippen LogP contribution in [0.3, 0.4) is 0 Å². The van der Waals surface area contributed by atoms with Crippen LogP contribution in [0.2, 0.25) is 5.02 Å². The normalized spacial score (nSPS) is 10.7. The summed E-state index contributed by atoms with van der Waals surface area (Å²) in [6, 6.07) is 3.52. The topological polar surface area (TPSA) is 37.3 Å². The van der Waals surface area contributed by atoms with E-state index in [4.69, 9.17) is 11.6 Å². The Morgan fingerprint density at radius 2 is 2.21 bits per heavy atom. The standard InChI is InChI=1S/C10H7ClO2S/c1-5-2-6(11)3-7-9(5)10(13)8(4-12)14-7/h2-4,13H,1H3. The van der Waals surface area contributed by atoms with Crippen LogP contribution in [-0.2, 0) is 0 Å². The summed E-state index contributed by atoms with van der Waals surface area (Å²) in [4.78, 5) is 11.0. The van der Waals surface area contributed by atoms with Crippen LogP contribution in [0, 0.1) is 6.92 Å². The SMILES string of the molecule is Cc1cc(Cl)cc2sc(C=O)c(O)c12. The van der Waals surface area contributed by atoms with Crippen LogP contribution < -0.4 is 0 Å². The second kappa shape index (κ2) is 3.26. The molecule has 1 aromatic heterocycles. The molecule has 0 unspecified atom stereocenters. The van der Waals surface area contributed by atoms with Crippen molar-refractivity contribution in [1.82, 2.24) is 0 Å². The first kappa shape index (κ1) is 9.49. The highest BCUT2D eigenvalue weighted by molar-refractivity contribution is 7.21. The average Bonchev–Trinajstić information content (AvgIpc) is 2.42. The van der Waals surface area contributed by atoms with E-state index in [2.05, 4.69) is 0 Å². The fourth-order valence-electron chi connectivity index (χ4n) is 1.47. The number of benzene rings is 1. The summed E-state index contributed by atoms with van der Waals surface area (Å²) >= 11 is 7.12. The minimum Gasteiger partial charge on any atom is -0.506 e. The van der Waals surface area contributed by atoms with E-state index in [1.165, 1.54) is 11.3 Å². The number of hydrogen-bond donors (Lipinski definition) is 1. The van der Waals surface area contributed by atoms with Gasteiger partial charge in [-0.1, -0.05) is 11.6 Å². The zero-order valence-electron chi connectivity index (χ0n) is 7.37. The molecule has 0 aliphatic rings. The van der Waals surface area contributed by atoms with Crippen molar-refractivity contribution in [3.63, 3.8) is 0 Å². The molecule has 0 amide bonds. The van der Waals surface area contributed by atoms with Gasteiger partial charge in [0.05, 0.1) is 0 Å². The van der Waals surface area contributed by atoms with Gasteiger partial charge in [-0.2, -0.15) is 0 Å². The fraction of sp³-hybridized carbons (Fsp3) is 0.100. The fourth-order valence-corrected chi connectivity index (χ4v) is 2.83. The van der Waals surface area contributed by atoms with Crippen molar-refractivity contribution in [2.75, 3.05) is 0 Å². The molecular weight excluding hydrogens is 220 g/mol. The Morgan fingerprint density at radius 3 is 2.86 bits per heavy atom. The molecule has 0 saturated carbocycles. The van der Waals surface area contributed by atoms with Crippen molar-refractivity contribution >= 4 is 39.3 Å². The minimum absolute atomic E-state index is 0.0640. The van der Waals surface area contributed by atoms with Crippen LogP contribution in [0.25, 0.3) is 10.1 Å². The van der Waals surface area contributed by atoms with Crippen molar-refractivity contribution in [3.8, 4) is 5.75 Å². The molecule has 0 fully saturated rings. The smallest absolute Gasteiger partial charge is 0.163 e. The number of carbonyl (C=O) groups excluding carboxylic acids is 1. The maximum atomic E-state index is 10.6. The van der Waals surface area contributed by atoms with E-state index in [9.17, 15) is 9.90 Å². The molecule has 0 spiro atoms. The van der Waals surface area contributed by atoms with Gasteiger partial charge in [-0.05, 0) is 24.6 Å². The van der Waals surface area contributed by atoms with Gasteiger partial charge in [-0.25, -0.2) is 0 Å². The number of fused-ring (bicyclic) bond motifs is 1. The van der Waals surface area contributed by atoms with E-state index in [-0.39, 0.29) is 5.75 Å². The van der Waals surface area contributed by atoms with Gasteiger partial charge in [0.25, 0.3) is 0 Å². The van der Waals surface area contributed by atoms with Gasteiger partial charge in [0, 0.05) is 15.1 Å². The summed E-state index contributed by atoms with van der Waals surface area (Å²) in [5, 5.41) is 11.0. The third-order valence-corrected chi connectivity index (χ3v) is 3.33. The van der Waals surface area contributed by atoms with E-state index in [1.54, 1.807) is 12.1 Å². The number of aldehydes is 1. The molecule has 4 heteroatoms. The van der Waals surface area contributed by atoms with E-state index in [0.717, 1.165) is 15.6 Å². The Bertz CT molecular complexity index is 516. The molecule has 72 valence electrons. The molecule has 0 radical (unpaired) electrons. The number of thiophene rings is 1. The summed E-state index contributed by atoms with van der Waals surface area (Å²) in [6.45, 7) is 1.86. The largest absolute Gasteiger partial charge is 0.506 e. The van der Waals surface area contributed by atoms with Gasteiger partial charge < -0.3 is 5.11 Å². The molecule has 0 aliphatic heterocycles. The zero-order chi connectivity index (χ0) is 10.3. The molecule has 2 nitrogen and oxygen atoms in total. The summed E-state index contributed by atoms with van der Waals surface area (Å²) in [6.07, 6.45) is 0.660. The third kappa shape index (κ3) is 1.29. The Labute approximate surface area is 89.7 Å². The molecule has 0 atom stereocenters. The minimum atomic E-state index is 0.0640. The molecular formula is C10H7ClO2S. The van der Waals surface area contributed by atoms with Crippen molar-refractivity contribution in [2.45, 2.75) is 6.92 Å². The van der Waals surface area contributed by atoms with Crippen molar-refractivity contribution in [3.05, 3.63) is 27.6 Å². The molecule has 14 heavy (non-hydrogen) atoms. The molecule has 1 heterocycles. The lowest BCUT2D eigenvalue weighted by molar-refractivity contribution is 0.112. The molecule has 1 N–H and O–H groups in total. The Balaban J connectivity index is 2.92. The van der Waals surface area contributed by atoms with Crippen LogP contribution in [0.5, 0.6) is 5.75 Å². The average molecular weight is 227 g/mol. The van der Waals surface area contributed by atoms with E-state index < -0.39 is 0 Å². The van der Waals surface area contributed by atoms with Crippen LogP contribution in [-0.4, -0.2) is 11.4 Å². The van der Waals surface area contributed by atoms with Crippen LogP contribution in [0.1, 0.15) is 15.2 Å². The quantitative estimate of drug-likeness (QED) is 0.757. The first-order chi connectivity index (χ1) is 6.63. The Hall–Kier alpha value is -1.06. The van der Waals surface area contributed by atoms with Gasteiger partial charge in [-0.3, -0.25) is 4.79 Å². The van der Waals surface area contributed by atoms with Gasteiger partial charge in [-0.15, -0.1) is 11.3 Å². The number of halogens is 1. The predicted octanol–water partition coefficient (Wildman–Crippen LogP) is 3.38. The lowest BCUT2D eigenvalue weighted by atomic mass is 10.1. The van der Waals surface area contributed by atoms with Crippen LogP contribution in [0.4, 0.5) is 0 Å². The Morgan fingerprint density at radius 1 is 1.50 bits per heavy atom. The lowest BCUT2D eigenvalue weighted by Gasteiger charge is -1.97. The summed E-state index contributed by atoms with van der Waals surface area (Å²) in [5.41, 5.74) is 0.884. The summed E-state index contributed by atoms with van der Waals surface area (Å²) in [7, 11) is 0. The van der Waals surface area contributed by atoms with Crippen LogP contribution in [0.15, 0.2) is 12.1 Å². The summed E-state index contributed by atoms with van der Waals surface area (Å²) in [5.74, 6) is 0.0640. The van der Waals surface area contributed by atoms with E-state index >= 15 is 0 Å². The number of aromatic hydroxyl groups is 1. The molecule has 2 rings (SSSR count). The number of carbonyl (C=O) groups is 1. The van der Waals surface area contributed by atoms with Crippen molar-refractivity contribution in [2.24, 2.45) is 0 Å². The molecule has 2 aromatic rings. The van der Waals surface area contributed by atoms with Crippen molar-refractivity contribution in [1.29, 1.82) is 0 Å². The predicted molar refractivity (Wildman–Crippen MR) is 58.6 cm³/mol. The van der Waals surface area contributed by atoms with E-state index in [1.807, 2.05) is 6.92 Å². The molecule has 0 aliphatic carbocycles. The molecule has 1 aromatic carbocycles. The Kier molecular flexibility index (Phi) is 2.21. The highest BCUT2D eigenvalue weighted by atomic mass is 35.5. The lowest BCUT2D eigenvalue weighted by Crippen LogP contribution is -1.75. The second-order valence-corrected chi connectivity index (χ2v) is 4.55. The van der Waals surface area contributed by atoms with Gasteiger partial charge in [0.15, 0.2) is 6.29 Å². The van der Waals surface area contributed by atoms with Gasteiger partial charge >= 0.3 is 0 Å². The number of hydrogen-bond acceptors (Lipinski definition) is 3. The second-order valence-electron chi connectivity index (χ2n) is 3.03. The maximum Gasteiger partial charge on any atom is 0.163 e. The van der Waals surface area contributed by atoms with Crippen LogP contribution >= 0.6 is 22.9 Å². The van der Waals surface area contributed by atoms with Crippen molar-refractivity contribution < 1.29 is 9.90 Å². The van der Waals surface area contributed by atoms with Gasteiger partial charge in [0.2, 0.25) is 0 Å². The van der Waals surface area contributed by atoms with Gasteiger partial charge in [0.1, 0.15) is 10.6 Å². The first-order valence-electron chi connectivity index (χ1n) is 4.00. The molecule has 0 saturated heterocycles. The first-order valence-corrected chi connectivity index (χ1v) is 5.19. The number of rotatable bonds is 1. The van der Waals surface area contributed by atoms with E-state index in [0.29, 0.717) is 16.2 Å². The third-order valence-electron chi connectivity index (χ3n) is 2.06. The number of aryl methyl sites for hydroxylation is 1. The summed E-state index contributed by atoms with van der Waals surface area (Å²) < 4.78 is 0.842. The molecule has 0 bridgehead atoms. The monoisotopic (exact) mass is 226 g/mol. The highest BCUT2D eigenvalue weighted by Gasteiger charge is 2.12. The highest BCUT2D eigenvalue weighted by Crippen LogP contribution is 2.39.